The van der Waals surface area contributed by atoms with Gasteiger partial charge in [-0.25, -0.2) is 14.7 Å². The number of anilines is 3. The highest BCUT2D eigenvalue weighted by Crippen LogP contribution is 2.23. The summed E-state index contributed by atoms with van der Waals surface area (Å²) in [5, 5.41) is 2.78. The van der Waals surface area contributed by atoms with E-state index in [-0.39, 0.29) is 5.91 Å². The largest absolute Gasteiger partial charge is 0.351 e. The number of nitrogens with one attached hydrogen (secondary N) is 1. The Morgan fingerprint density at radius 3 is 2.08 bits per heavy atom. The van der Waals surface area contributed by atoms with Crippen LogP contribution in [0.5, 0.6) is 0 Å². The fraction of sp³-hybridized carbons (Fsp3) is 0. The average Bonchev–Trinajstić information content (AvgIpc) is 2.64. The van der Waals surface area contributed by atoms with Gasteiger partial charge in [-0.2, -0.15) is 0 Å². The lowest BCUT2D eigenvalue weighted by molar-refractivity contribution is 0.102. The Morgan fingerprint density at radius 2 is 1.52 bits per heavy atom. The molecule has 0 spiro atoms. The zero-order valence-electron chi connectivity index (χ0n) is 13.3. The number of nitrogens with two attached hydrogens (primary N) is 1. The van der Waals surface area contributed by atoms with Crippen LogP contribution < -0.4 is 16.0 Å². The van der Waals surface area contributed by atoms with Crippen molar-refractivity contribution in [3.8, 4) is 0 Å². The molecule has 0 saturated carbocycles. The van der Waals surface area contributed by atoms with Crippen LogP contribution in [0.25, 0.3) is 0 Å². The molecule has 0 aliphatic rings. The smallest absolute Gasteiger partial charge is 0.325 e. The number of rotatable bonds is 4. The molecule has 0 unspecified atom stereocenters. The number of hydrogen-bond donors (Lipinski definition) is 2. The first-order valence-electron chi connectivity index (χ1n) is 7.62. The van der Waals surface area contributed by atoms with Crippen molar-refractivity contribution in [1.82, 2.24) is 4.98 Å². The third kappa shape index (κ3) is 3.81. The van der Waals surface area contributed by atoms with E-state index in [0.717, 1.165) is 0 Å². The van der Waals surface area contributed by atoms with Crippen LogP contribution in [0.2, 0.25) is 0 Å². The van der Waals surface area contributed by atoms with Gasteiger partial charge in [0.1, 0.15) is 5.82 Å². The minimum atomic E-state index is -0.653. The second kappa shape index (κ2) is 7.27. The van der Waals surface area contributed by atoms with Crippen LogP contribution >= 0.6 is 0 Å². The zero-order valence-corrected chi connectivity index (χ0v) is 13.3. The maximum Gasteiger partial charge on any atom is 0.325 e. The van der Waals surface area contributed by atoms with Gasteiger partial charge in [-0.05, 0) is 36.4 Å². The maximum atomic E-state index is 12.2. The molecule has 6 nitrogen and oxygen atoms in total. The molecule has 0 bridgehead atoms. The van der Waals surface area contributed by atoms with Gasteiger partial charge in [-0.1, -0.05) is 36.4 Å². The summed E-state index contributed by atoms with van der Waals surface area (Å²) in [6.07, 6.45) is 1.41. The number of para-hydroxylation sites is 2. The molecule has 3 amide bonds. The van der Waals surface area contributed by atoms with Crippen LogP contribution in [0.15, 0.2) is 79.0 Å². The zero-order chi connectivity index (χ0) is 17.6. The summed E-state index contributed by atoms with van der Waals surface area (Å²) in [6, 6.07) is 20.6. The van der Waals surface area contributed by atoms with Crippen molar-refractivity contribution in [2.24, 2.45) is 5.73 Å². The number of nitrogens with zero attached hydrogens (tertiary/aromatic N) is 2. The predicted molar refractivity (Wildman–Crippen MR) is 96.8 cm³/mol. The molecule has 3 rings (SSSR count). The number of primary amides is 1. The van der Waals surface area contributed by atoms with E-state index in [0.29, 0.717) is 22.8 Å². The molecule has 1 aromatic heterocycles. The molecule has 0 fully saturated rings. The number of urea groups is 1. The summed E-state index contributed by atoms with van der Waals surface area (Å²) in [4.78, 5) is 29.5. The van der Waals surface area contributed by atoms with Crippen LogP contribution in [-0.2, 0) is 0 Å². The summed E-state index contributed by atoms with van der Waals surface area (Å²) in [7, 11) is 0. The van der Waals surface area contributed by atoms with Crippen LogP contribution in [0.1, 0.15) is 10.4 Å². The van der Waals surface area contributed by atoms with E-state index in [4.69, 9.17) is 5.73 Å². The predicted octanol–water partition coefficient (Wildman–Crippen LogP) is 3.55. The topological polar surface area (TPSA) is 88.3 Å². The lowest BCUT2D eigenvalue weighted by atomic mass is 10.2. The van der Waals surface area contributed by atoms with Gasteiger partial charge in [0.2, 0.25) is 0 Å². The summed E-state index contributed by atoms with van der Waals surface area (Å²) in [5.74, 6) is 0.0607. The summed E-state index contributed by atoms with van der Waals surface area (Å²) in [5.41, 5.74) is 7.14. The molecule has 0 saturated heterocycles. The van der Waals surface area contributed by atoms with Gasteiger partial charge < -0.3 is 11.1 Å². The normalized spacial score (nSPS) is 10.1. The Bertz CT molecular complexity index is 865. The van der Waals surface area contributed by atoms with E-state index in [1.807, 2.05) is 24.3 Å². The second-order valence-corrected chi connectivity index (χ2v) is 5.23. The van der Waals surface area contributed by atoms with Crippen LogP contribution in [0.4, 0.5) is 22.0 Å². The number of hydrogen-bond acceptors (Lipinski definition) is 3. The van der Waals surface area contributed by atoms with Gasteiger partial charge >= 0.3 is 6.03 Å². The van der Waals surface area contributed by atoms with Gasteiger partial charge in [0.15, 0.2) is 0 Å². The molecule has 0 aliphatic carbocycles. The van der Waals surface area contributed by atoms with Gasteiger partial charge in [0.25, 0.3) is 5.91 Å². The quantitative estimate of drug-likeness (QED) is 0.766. The first-order chi connectivity index (χ1) is 12.1. The van der Waals surface area contributed by atoms with Crippen molar-refractivity contribution in [3.05, 3.63) is 84.6 Å². The molecule has 0 radical (unpaired) electrons. The molecule has 6 heteroatoms. The minimum absolute atomic E-state index is 0.282. The Balaban J connectivity index is 1.81. The van der Waals surface area contributed by atoms with Crippen molar-refractivity contribution in [2.45, 2.75) is 0 Å². The Morgan fingerprint density at radius 1 is 0.880 bits per heavy atom. The van der Waals surface area contributed by atoms with Crippen LogP contribution in [0.3, 0.4) is 0 Å². The minimum Gasteiger partial charge on any atom is -0.351 e. The Kier molecular flexibility index (Phi) is 4.71. The van der Waals surface area contributed by atoms with Crippen molar-refractivity contribution < 1.29 is 9.59 Å². The highest BCUT2D eigenvalue weighted by Gasteiger charge is 2.16. The number of carbonyl (C=O) groups is 2. The lowest BCUT2D eigenvalue weighted by Gasteiger charge is -2.19. The van der Waals surface area contributed by atoms with Crippen LogP contribution in [-0.4, -0.2) is 16.9 Å². The summed E-state index contributed by atoms with van der Waals surface area (Å²) < 4.78 is 0. The third-order valence-corrected chi connectivity index (χ3v) is 3.51. The van der Waals surface area contributed by atoms with Gasteiger partial charge in [-0.15, -0.1) is 0 Å². The Labute approximate surface area is 144 Å². The maximum absolute atomic E-state index is 12.2. The van der Waals surface area contributed by atoms with E-state index in [1.165, 1.54) is 11.1 Å². The number of benzene rings is 2. The van der Waals surface area contributed by atoms with Crippen molar-refractivity contribution in [2.75, 3.05) is 10.2 Å². The van der Waals surface area contributed by atoms with E-state index < -0.39 is 6.03 Å². The number of pyridine rings is 1. The van der Waals surface area contributed by atoms with Crippen molar-refractivity contribution >= 4 is 29.1 Å². The van der Waals surface area contributed by atoms with E-state index >= 15 is 0 Å². The average molecular weight is 332 g/mol. The second-order valence-electron chi connectivity index (χ2n) is 5.23. The highest BCUT2D eigenvalue weighted by molar-refractivity contribution is 6.04. The summed E-state index contributed by atoms with van der Waals surface area (Å²) >= 11 is 0. The molecule has 2 aromatic carbocycles. The molecule has 1 heterocycles. The number of carbonyl (C=O) groups excluding carboxylic acids is 2. The van der Waals surface area contributed by atoms with Crippen molar-refractivity contribution in [3.63, 3.8) is 0 Å². The van der Waals surface area contributed by atoms with E-state index in [2.05, 4.69) is 10.3 Å². The fourth-order valence-electron chi connectivity index (χ4n) is 2.33. The standard InChI is InChI=1S/C19H16N4O2/c20-19(25)23(16-9-5-2-6-10-16)17-12-11-14(13-21-17)18(24)22-15-7-3-1-4-8-15/h1-13H,(H2,20,25)(H,22,24). The first kappa shape index (κ1) is 16.2. The van der Waals surface area contributed by atoms with Gasteiger partial charge in [-0.3, -0.25) is 4.79 Å². The van der Waals surface area contributed by atoms with Crippen molar-refractivity contribution in [1.29, 1.82) is 0 Å². The third-order valence-electron chi connectivity index (χ3n) is 3.51. The molecule has 3 aromatic rings. The molecule has 0 aliphatic heterocycles. The first-order valence-corrected chi connectivity index (χ1v) is 7.62. The van der Waals surface area contributed by atoms with Crippen LogP contribution in [0, 0.1) is 0 Å². The molecular weight excluding hydrogens is 316 g/mol. The van der Waals surface area contributed by atoms with E-state index in [9.17, 15) is 9.59 Å². The molecule has 124 valence electrons. The summed E-state index contributed by atoms with van der Waals surface area (Å²) in [6.45, 7) is 0. The number of amides is 3. The molecular formula is C19H16N4O2. The van der Waals surface area contributed by atoms with E-state index in [1.54, 1.807) is 48.5 Å². The molecule has 3 N–H and O–H groups in total. The van der Waals surface area contributed by atoms with Gasteiger partial charge in [0.05, 0.1) is 11.3 Å². The lowest BCUT2D eigenvalue weighted by Crippen LogP contribution is -2.32. The number of aromatic nitrogens is 1. The monoisotopic (exact) mass is 332 g/mol. The SMILES string of the molecule is NC(=O)N(c1ccccc1)c1ccc(C(=O)Nc2ccccc2)cn1. The molecule has 0 atom stereocenters. The molecule has 25 heavy (non-hydrogen) atoms. The van der Waals surface area contributed by atoms with Gasteiger partial charge in [0, 0.05) is 11.9 Å². The fourth-order valence-corrected chi connectivity index (χ4v) is 2.33. The Hall–Kier alpha value is -3.67. The highest BCUT2D eigenvalue weighted by atomic mass is 16.2.